The van der Waals surface area contributed by atoms with Crippen LogP contribution in [0, 0.1) is 0 Å². The van der Waals surface area contributed by atoms with Crippen molar-refractivity contribution >= 4 is 45.9 Å². The fourth-order valence-corrected chi connectivity index (χ4v) is 2.55. The minimum atomic E-state index is -0.538. The van der Waals surface area contributed by atoms with E-state index in [1.165, 1.54) is 6.07 Å². The number of nitrogens with one attached hydrogen (secondary N) is 3. The van der Waals surface area contributed by atoms with E-state index in [0.29, 0.717) is 15.6 Å². The minimum absolute atomic E-state index is 0.285. The first kappa shape index (κ1) is 17.1. The molecule has 0 unspecified atom stereocenters. The van der Waals surface area contributed by atoms with Gasteiger partial charge < -0.3 is 9.72 Å². The van der Waals surface area contributed by atoms with Crippen LogP contribution in [-0.4, -0.2) is 23.4 Å². The molecule has 0 atom stereocenters. The van der Waals surface area contributed by atoms with Gasteiger partial charge in [-0.2, -0.15) is 0 Å². The van der Waals surface area contributed by atoms with Crippen molar-refractivity contribution in [3.63, 3.8) is 0 Å². The molecule has 0 fully saturated rings. The first-order chi connectivity index (χ1) is 12.0. The van der Waals surface area contributed by atoms with Crippen LogP contribution in [0.15, 0.2) is 48.7 Å². The number of halogens is 2. The maximum absolute atomic E-state index is 12.2. The summed E-state index contributed by atoms with van der Waals surface area (Å²) in [5.41, 5.74) is 5.89. The highest BCUT2D eigenvalue weighted by atomic mass is 35.5. The van der Waals surface area contributed by atoms with Crippen LogP contribution in [0.4, 0.5) is 0 Å². The summed E-state index contributed by atoms with van der Waals surface area (Å²) in [6, 6.07) is 12.0. The summed E-state index contributed by atoms with van der Waals surface area (Å²) in [5.74, 6) is -0.692. The third-order valence-corrected chi connectivity index (χ3v) is 3.95. The standard InChI is InChI=1S/C17H13Cl2N3O3/c18-10-5-6-13(19)15(7-10)25-9-16(23)21-22-17(24)12-8-20-14-4-2-1-3-11(12)14/h1-8,20H,9H2,(H,21,23)(H,22,24). The van der Waals surface area contributed by atoms with Crippen LogP contribution in [0.5, 0.6) is 5.75 Å². The van der Waals surface area contributed by atoms with E-state index in [-0.39, 0.29) is 12.4 Å². The minimum Gasteiger partial charge on any atom is -0.482 e. The lowest BCUT2D eigenvalue weighted by Crippen LogP contribution is -2.43. The molecule has 128 valence electrons. The molecule has 3 aromatic rings. The van der Waals surface area contributed by atoms with Gasteiger partial charge in [0, 0.05) is 28.2 Å². The van der Waals surface area contributed by atoms with Crippen molar-refractivity contribution in [1.82, 2.24) is 15.8 Å². The third kappa shape index (κ3) is 4.04. The molecular weight excluding hydrogens is 365 g/mol. The van der Waals surface area contributed by atoms with Gasteiger partial charge in [0.25, 0.3) is 11.8 Å². The molecular formula is C17H13Cl2N3O3. The van der Waals surface area contributed by atoms with E-state index in [4.69, 9.17) is 27.9 Å². The molecule has 0 saturated carbocycles. The number of ether oxygens (including phenoxy) is 1. The molecule has 0 spiro atoms. The number of hydrogen-bond acceptors (Lipinski definition) is 3. The number of aromatic nitrogens is 1. The topological polar surface area (TPSA) is 83.2 Å². The Balaban J connectivity index is 1.55. The first-order valence-electron chi connectivity index (χ1n) is 7.28. The zero-order chi connectivity index (χ0) is 17.8. The molecule has 1 aromatic heterocycles. The van der Waals surface area contributed by atoms with E-state index in [1.807, 2.05) is 24.3 Å². The molecule has 8 heteroatoms. The zero-order valence-corrected chi connectivity index (χ0v) is 14.3. The second kappa shape index (κ2) is 7.46. The van der Waals surface area contributed by atoms with Crippen LogP contribution in [0.1, 0.15) is 10.4 Å². The number of fused-ring (bicyclic) bond motifs is 1. The number of carbonyl (C=O) groups excluding carboxylic acids is 2. The zero-order valence-electron chi connectivity index (χ0n) is 12.8. The number of rotatable bonds is 4. The Kier molecular flexibility index (Phi) is 5.11. The van der Waals surface area contributed by atoms with Crippen LogP contribution < -0.4 is 15.6 Å². The number of H-pyrrole nitrogens is 1. The summed E-state index contributed by atoms with van der Waals surface area (Å²) in [5, 5.41) is 1.53. The van der Waals surface area contributed by atoms with E-state index in [2.05, 4.69) is 15.8 Å². The number of benzene rings is 2. The third-order valence-electron chi connectivity index (χ3n) is 3.40. The summed E-state index contributed by atoms with van der Waals surface area (Å²) < 4.78 is 5.29. The SMILES string of the molecule is O=C(COc1cc(Cl)ccc1Cl)NNC(=O)c1c[nH]c2ccccc12. The van der Waals surface area contributed by atoms with E-state index < -0.39 is 11.8 Å². The molecule has 0 aliphatic rings. The van der Waals surface area contributed by atoms with Gasteiger partial charge in [0.1, 0.15) is 5.75 Å². The number of para-hydroxylation sites is 1. The van der Waals surface area contributed by atoms with Gasteiger partial charge in [0.05, 0.1) is 10.6 Å². The van der Waals surface area contributed by atoms with Gasteiger partial charge in [0.15, 0.2) is 6.61 Å². The molecule has 2 aromatic carbocycles. The lowest BCUT2D eigenvalue weighted by Gasteiger charge is -2.09. The molecule has 3 rings (SSSR count). The number of hydrogen-bond donors (Lipinski definition) is 3. The van der Waals surface area contributed by atoms with Crippen LogP contribution in [-0.2, 0) is 4.79 Å². The highest BCUT2D eigenvalue weighted by Gasteiger charge is 2.13. The normalized spacial score (nSPS) is 10.5. The van der Waals surface area contributed by atoms with Gasteiger partial charge in [-0.25, -0.2) is 0 Å². The monoisotopic (exact) mass is 377 g/mol. The fourth-order valence-electron chi connectivity index (χ4n) is 2.22. The van der Waals surface area contributed by atoms with Crippen molar-refractivity contribution in [3.8, 4) is 5.75 Å². The van der Waals surface area contributed by atoms with Gasteiger partial charge in [-0.15, -0.1) is 0 Å². The van der Waals surface area contributed by atoms with E-state index in [9.17, 15) is 9.59 Å². The Hall–Kier alpha value is -2.70. The second-order valence-electron chi connectivity index (χ2n) is 5.11. The number of aromatic amines is 1. The van der Waals surface area contributed by atoms with Gasteiger partial charge in [-0.05, 0) is 18.2 Å². The summed E-state index contributed by atoms with van der Waals surface area (Å²) in [6.07, 6.45) is 1.58. The molecule has 0 aliphatic carbocycles. The average Bonchev–Trinajstić information content (AvgIpc) is 3.04. The Bertz CT molecular complexity index is 940. The highest BCUT2D eigenvalue weighted by molar-refractivity contribution is 6.34. The van der Waals surface area contributed by atoms with Gasteiger partial charge in [0.2, 0.25) is 0 Å². The quantitative estimate of drug-likeness (QED) is 0.609. The van der Waals surface area contributed by atoms with Crippen molar-refractivity contribution in [2.45, 2.75) is 0 Å². The summed E-state index contributed by atoms with van der Waals surface area (Å²) in [4.78, 5) is 27.0. The lowest BCUT2D eigenvalue weighted by atomic mass is 10.2. The highest BCUT2D eigenvalue weighted by Crippen LogP contribution is 2.27. The molecule has 2 amide bonds. The van der Waals surface area contributed by atoms with Crippen LogP contribution in [0.2, 0.25) is 10.0 Å². The Morgan fingerprint density at radius 3 is 2.72 bits per heavy atom. The maximum Gasteiger partial charge on any atom is 0.276 e. The summed E-state index contributed by atoms with van der Waals surface area (Å²) in [6.45, 7) is -0.325. The molecule has 0 bridgehead atoms. The second-order valence-corrected chi connectivity index (χ2v) is 5.96. The smallest absolute Gasteiger partial charge is 0.276 e. The van der Waals surface area contributed by atoms with Crippen molar-refractivity contribution in [3.05, 3.63) is 64.3 Å². The van der Waals surface area contributed by atoms with Crippen LogP contribution >= 0.6 is 23.2 Å². The molecule has 0 saturated heterocycles. The average molecular weight is 378 g/mol. The lowest BCUT2D eigenvalue weighted by molar-refractivity contribution is -0.123. The van der Waals surface area contributed by atoms with Crippen LogP contribution in [0.25, 0.3) is 10.9 Å². The van der Waals surface area contributed by atoms with E-state index in [1.54, 1.807) is 18.3 Å². The van der Waals surface area contributed by atoms with Gasteiger partial charge in [-0.1, -0.05) is 41.4 Å². The van der Waals surface area contributed by atoms with Crippen LogP contribution in [0.3, 0.4) is 0 Å². The van der Waals surface area contributed by atoms with E-state index >= 15 is 0 Å². The molecule has 6 nitrogen and oxygen atoms in total. The number of hydrazine groups is 1. The van der Waals surface area contributed by atoms with Crippen molar-refractivity contribution < 1.29 is 14.3 Å². The summed E-state index contributed by atoms with van der Waals surface area (Å²) >= 11 is 11.8. The van der Waals surface area contributed by atoms with Crippen molar-refractivity contribution in [2.24, 2.45) is 0 Å². The van der Waals surface area contributed by atoms with Gasteiger partial charge >= 0.3 is 0 Å². The van der Waals surface area contributed by atoms with Crippen molar-refractivity contribution in [1.29, 1.82) is 0 Å². The predicted molar refractivity (Wildman–Crippen MR) is 95.9 cm³/mol. The Morgan fingerprint density at radius 1 is 1.08 bits per heavy atom. The number of carbonyl (C=O) groups is 2. The first-order valence-corrected chi connectivity index (χ1v) is 8.03. The van der Waals surface area contributed by atoms with Crippen molar-refractivity contribution in [2.75, 3.05) is 6.61 Å². The number of amides is 2. The molecule has 3 N–H and O–H groups in total. The van der Waals surface area contributed by atoms with E-state index in [0.717, 1.165) is 10.9 Å². The fraction of sp³-hybridized carbons (Fsp3) is 0.0588. The maximum atomic E-state index is 12.2. The predicted octanol–water partition coefficient (Wildman–Crippen LogP) is 3.31. The van der Waals surface area contributed by atoms with Gasteiger partial charge in [-0.3, -0.25) is 20.4 Å². The Morgan fingerprint density at radius 2 is 1.88 bits per heavy atom. The molecule has 25 heavy (non-hydrogen) atoms. The summed E-state index contributed by atoms with van der Waals surface area (Å²) in [7, 11) is 0. The molecule has 1 heterocycles. The molecule has 0 aliphatic heterocycles. The largest absolute Gasteiger partial charge is 0.482 e. The molecule has 0 radical (unpaired) electrons. The Labute approximate surface area is 153 Å².